The fraction of sp³-hybridized carbons (Fsp3) is 0.538. The van der Waals surface area contributed by atoms with Crippen molar-refractivity contribution in [1.29, 1.82) is 0 Å². The molecule has 4 rings (SSSR count). The molecular weight excluding hydrogens is 408 g/mol. The minimum atomic E-state index is -0.803. The van der Waals surface area contributed by atoms with Gasteiger partial charge in [0.1, 0.15) is 23.9 Å². The highest BCUT2D eigenvalue weighted by atomic mass is 16.6. The van der Waals surface area contributed by atoms with Crippen LogP contribution in [-0.2, 0) is 23.8 Å². The van der Waals surface area contributed by atoms with Gasteiger partial charge in [-0.05, 0) is 49.8 Å². The standard InChI is InChI=1S/C26H32O6/c1-16(2)26-14-20(30-22(29)15-27)25(4,32-26)19-12-10-17(3)23(19)24(26)31-21(28)13-11-18-8-6-5-7-9-18/h5-9,11,13,16,19-20,24,27H,10,12,14-15H2,1-4H3/b13-11+. The highest BCUT2D eigenvalue weighted by Gasteiger charge is 2.70. The van der Waals surface area contributed by atoms with E-state index in [4.69, 9.17) is 14.2 Å². The largest absolute Gasteiger partial charge is 0.457 e. The molecule has 1 aromatic carbocycles. The van der Waals surface area contributed by atoms with Crippen molar-refractivity contribution in [3.63, 3.8) is 0 Å². The second-order valence-electron chi connectivity index (χ2n) is 9.62. The number of carbonyl (C=O) groups excluding carboxylic acids is 2. The second-order valence-corrected chi connectivity index (χ2v) is 9.62. The number of benzene rings is 1. The first-order valence-electron chi connectivity index (χ1n) is 11.3. The molecule has 6 nitrogen and oxygen atoms in total. The molecule has 172 valence electrons. The number of carbonyl (C=O) groups is 2. The van der Waals surface area contributed by atoms with Crippen LogP contribution in [0.1, 0.15) is 52.5 Å². The summed E-state index contributed by atoms with van der Waals surface area (Å²) in [6, 6.07) is 9.60. The third-order valence-corrected chi connectivity index (χ3v) is 7.47. The number of hydrogen-bond donors (Lipinski definition) is 1. The SMILES string of the molecule is CC1=C2C(CC1)C1(C)OC(C(C)C)(CC1OC(=O)CO)C2OC(=O)/C=C/c1ccccc1. The topological polar surface area (TPSA) is 82.1 Å². The molecule has 1 aromatic rings. The van der Waals surface area contributed by atoms with Crippen LogP contribution in [0.4, 0.5) is 0 Å². The maximum atomic E-state index is 12.9. The summed E-state index contributed by atoms with van der Waals surface area (Å²) in [5.41, 5.74) is 1.72. The third kappa shape index (κ3) is 3.69. The number of hydrogen-bond acceptors (Lipinski definition) is 6. The maximum absolute atomic E-state index is 12.9. The lowest BCUT2D eigenvalue weighted by Crippen LogP contribution is -2.58. The van der Waals surface area contributed by atoms with Crippen LogP contribution in [0.5, 0.6) is 0 Å². The predicted octanol–water partition coefficient (Wildman–Crippen LogP) is 3.83. The van der Waals surface area contributed by atoms with E-state index in [1.165, 1.54) is 11.6 Å². The Kier molecular flexibility index (Phi) is 6.03. The third-order valence-electron chi connectivity index (χ3n) is 7.47. The van der Waals surface area contributed by atoms with Gasteiger partial charge in [-0.15, -0.1) is 0 Å². The Hall–Kier alpha value is -2.44. The molecule has 0 spiro atoms. The first kappa shape index (κ1) is 22.7. The molecule has 2 fully saturated rings. The van der Waals surface area contributed by atoms with E-state index in [1.54, 1.807) is 6.08 Å². The van der Waals surface area contributed by atoms with Gasteiger partial charge in [0.25, 0.3) is 0 Å². The normalized spacial score (nSPS) is 33.6. The van der Waals surface area contributed by atoms with E-state index in [9.17, 15) is 14.7 Å². The van der Waals surface area contributed by atoms with Gasteiger partial charge >= 0.3 is 11.9 Å². The Balaban J connectivity index is 1.68. The van der Waals surface area contributed by atoms with E-state index < -0.39 is 42.0 Å². The monoisotopic (exact) mass is 440 g/mol. The van der Waals surface area contributed by atoms with Crippen molar-refractivity contribution in [3.8, 4) is 0 Å². The van der Waals surface area contributed by atoms with Crippen LogP contribution in [0.25, 0.3) is 6.08 Å². The molecule has 5 unspecified atom stereocenters. The van der Waals surface area contributed by atoms with Crippen molar-refractivity contribution in [2.75, 3.05) is 6.61 Å². The molecule has 2 saturated heterocycles. The molecule has 0 radical (unpaired) electrons. The molecule has 0 amide bonds. The summed E-state index contributed by atoms with van der Waals surface area (Å²) in [7, 11) is 0. The lowest BCUT2D eigenvalue weighted by Gasteiger charge is -2.50. The molecule has 2 bridgehead atoms. The number of esters is 2. The average Bonchev–Trinajstić information content (AvgIpc) is 3.28. The quantitative estimate of drug-likeness (QED) is 0.411. The zero-order valence-corrected chi connectivity index (χ0v) is 19.2. The Morgan fingerprint density at radius 1 is 1.25 bits per heavy atom. The van der Waals surface area contributed by atoms with Gasteiger partial charge in [0.15, 0.2) is 6.10 Å². The molecule has 2 heterocycles. The van der Waals surface area contributed by atoms with Gasteiger partial charge in [-0.3, -0.25) is 0 Å². The maximum Gasteiger partial charge on any atom is 0.332 e. The minimum Gasteiger partial charge on any atom is -0.457 e. The fourth-order valence-electron chi connectivity index (χ4n) is 5.75. The lowest BCUT2D eigenvalue weighted by atomic mass is 9.74. The van der Waals surface area contributed by atoms with Gasteiger partial charge in [-0.25, -0.2) is 9.59 Å². The zero-order valence-electron chi connectivity index (χ0n) is 19.2. The van der Waals surface area contributed by atoms with Crippen LogP contribution in [0, 0.1) is 11.8 Å². The van der Waals surface area contributed by atoms with Crippen molar-refractivity contribution in [1.82, 2.24) is 0 Å². The Morgan fingerprint density at radius 2 is 1.97 bits per heavy atom. The van der Waals surface area contributed by atoms with Crippen molar-refractivity contribution in [3.05, 3.63) is 53.1 Å². The van der Waals surface area contributed by atoms with Gasteiger partial charge in [-0.2, -0.15) is 0 Å². The number of fused-ring (bicyclic) bond motifs is 4. The van der Waals surface area contributed by atoms with E-state index in [-0.39, 0.29) is 11.8 Å². The van der Waals surface area contributed by atoms with Crippen LogP contribution < -0.4 is 0 Å². The second kappa shape index (κ2) is 8.49. The number of rotatable bonds is 6. The molecule has 0 saturated carbocycles. The lowest BCUT2D eigenvalue weighted by molar-refractivity contribution is -0.223. The fourth-order valence-corrected chi connectivity index (χ4v) is 5.75. The summed E-state index contributed by atoms with van der Waals surface area (Å²) in [6.07, 6.45) is 4.30. The molecule has 0 aromatic heterocycles. The van der Waals surface area contributed by atoms with Crippen molar-refractivity contribution in [2.24, 2.45) is 11.8 Å². The molecule has 1 aliphatic carbocycles. The zero-order chi connectivity index (χ0) is 23.1. The van der Waals surface area contributed by atoms with Crippen molar-refractivity contribution < 1.29 is 28.9 Å². The minimum absolute atomic E-state index is 0.00993. The first-order valence-corrected chi connectivity index (χ1v) is 11.3. The summed E-state index contributed by atoms with van der Waals surface area (Å²) in [5.74, 6) is -1.08. The molecule has 3 aliphatic rings. The van der Waals surface area contributed by atoms with E-state index in [0.29, 0.717) is 6.42 Å². The number of ether oxygens (including phenoxy) is 3. The van der Waals surface area contributed by atoms with E-state index >= 15 is 0 Å². The van der Waals surface area contributed by atoms with Gasteiger partial charge in [-0.1, -0.05) is 49.8 Å². The van der Waals surface area contributed by atoms with Crippen LogP contribution in [0.2, 0.25) is 0 Å². The first-order chi connectivity index (χ1) is 15.2. The average molecular weight is 441 g/mol. The van der Waals surface area contributed by atoms with Gasteiger partial charge in [0.05, 0.1) is 0 Å². The van der Waals surface area contributed by atoms with Gasteiger partial charge < -0.3 is 19.3 Å². The molecule has 5 atom stereocenters. The van der Waals surface area contributed by atoms with Crippen molar-refractivity contribution in [2.45, 2.75) is 70.4 Å². The molecule has 32 heavy (non-hydrogen) atoms. The summed E-state index contributed by atoms with van der Waals surface area (Å²) in [4.78, 5) is 24.9. The van der Waals surface area contributed by atoms with Crippen molar-refractivity contribution >= 4 is 18.0 Å². The smallest absolute Gasteiger partial charge is 0.332 e. The molecule has 1 N–H and O–H groups in total. The van der Waals surface area contributed by atoms with E-state index in [2.05, 4.69) is 6.92 Å². The summed E-state index contributed by atoms with van der Waals surface area (Å²) >= 11 is 0. The summed E-state index contributed by atoms with van der Waals surface area (Å²) in [5, 5.41) is 9.24. The van der Waals surface area contributed by atoms with Gasteiger partial charge in [0, 0.05) is 18.4 Å². The Labute approximate surface area is 189 Å². The number of allylic oxidation sites excluding steroid dienone is 1. The highest BCUT2D eigenvalue weighted by Crippen LogP contribution is 2.61. The Bertz CT molecular complexity index is 948. The highest BCUT2D eigenvalue weighted by molar-refractivity contribution is 5.87. The summed E-state index contributed by atoms with van der Waals surface area (Å²) < 4.78 is 18.5. The van der Waals surface area contributed by atoms with Gasteiger partial charge in [0.2, 0.25) is 0 Å². The van der Waals surface area contributed by atoms with E-state index in [1.807, 2.05) is 51.1 Å². The van der Waals surface area contributed by atoms with E-state index in [0.717, 1.165) is 24.0 Å². The predicted molar refractivity (Wildman–Crippen MR) is 119 cm³/mol. The van der Waals surface area contributed by atoms with Crippen LogP contribution in [0.15, 0.2) is 47.6 Å². The van der Waals surface area contributed by atoms with Crippen LogP contribution >= 0.6 is 0 Å². The number of aliphatic hydroxyl groups excluding tert-OH is 1. The van der Waals surface area contributed by atoms with Crippen LogP contribution in [0.3, 0.4) is 0 Å². The molecular formula is C26H32O6. The van der Waals surface area contributed by atoms with Crippen LogP contribution in [-0.4, -0.2) is 47.1 Å². The molecule has 2 aliphatic heterocycles. The summed E-state index contributed by atoms with van der Waals surface area (Å²) in [6.45, 7) is 7.50. The Morgan fingerprint density at radius 3 is 2.62 bits per heavy atom. The number of aliphatic hydroxyl groups is 1. The molecule has 6 heteroatoms.